The van der Waals surface area contributed by atoms with Gasteiger partial charge in [0, 0.05) is 21.9 Å². The third kappa shape index (κ3) is 5.80. The predicted octanol–water partition coefficient (Wildman–Crippen LogP) is 5.62. The van der Waals surface area contributed by atoms with Crippen molar-refractivity contribution in [2.75, 3.05) is 0 Å². The Hall–Kier alpha value is -2.57. The van der Waals surface area contributed by atoms with Crippen molar-refractivity contribution in [3.8, 4) is 5.75 Å². The molecule has 1 fully saturated rings. The first-order valence-electron chi connectivity index (χ1n) is 11.8. The monoisotopic (exact) mass is 549 g/mol. The smallest absolute Gasteiger partial charge is 0.406 e. The molecule has 0 aromatic heterocycles. The number of aliphatic hydroxyl groups excluding tert-OH is 1. The molecule has 1 saturated carbocycles. The van der Waals surface area contributed by atoms with E-state index in [1.54, 1.807) is 11.8 Å². The molecule has 37 heavy (non-hydrogen) atoms. The van der Waals surface area contributed by atoms with Crippen molar-refractivity contribution in [1.82, 2.24) is 10.0 Å². The molecule has 2 aliphatic rings. The SMILES string of the molecule is N=S(=O)(NC1CCCC(NC2c3ccccc3Sc3ccccc32)C1O)c1ccc(OC(F)(F)F)cc1. The second-order valence-corrected chi connectivity index (χ2v) is 12.0. The number of benzene rings is 3. The van der Waals surface area contributed by atoms with Crippen LogP contribution in [0.25, 0.3) is 0 Å². The number of ether oxygens (including phenoxy) is 1. The molecule has 0 spiro atoms. The van der Waals surface area contributed by atoms with Crippen molar-refractivity contribution >= 4 is 21.7 Å². The summed E-state index contributed by atoms with van der Waals surface area (Å²) >= 11 is 1.71. The molecular weight excluding hydrogens is 523 g/mol. The van der Waals surface area contributed by atoms with E-state index in [-0.39, 0.29) is 17.0 Å². The van der Waals surface area contributed by atoms with Crippen LogP contribution in [-0.2, 0) is 9.92 Å². The van der Waals surface area contributed by atoms with E-state index >= 15 is 0 Å². The summed E-state index contributed by atoms with van der Waals surface area (Å²) in [4.78, 5) is 2.30. The van der Waals surface area contributed by atoms with Crippen LogP contribution in [0.3, 0.4) is 0 Å². The van der Waals surface area contributed by atoms with Gasteiger partial charge in [0.15, 0.2) is 0 Å². The molecule has 6 nitrogen and oxygen atoms in total. The van der Waals surface area contributed by atoms with E-state index in [1.807, 2.05) is 24.3 Å². The molecule has 1 heterocycles. The maximum absolute atomic E-state index is 13.2. The van der Waals surface area contributed by atoms with Crippen molar-refractivity contribution in [3.05, 3.63) is 83.9 Å². The number of hydrogen-bond acceptors (Lipinski definition) is 6. The summed E-state index contributed by atoms with van der Waals surface area (Å²) in [6.45, 7) is 0. The minimum absolute atomic E-state index is 0.0106. The summed E-state index contributed by atoms with van der Waals surface area (Å²) in [5.41, 5.74) is 2.25. The van der Waals surface area contributed by atoms with Crippen molar-refractivity contribution in [2.45, 2.75) is 64.5 Å². The van der Waals surface area contributed by atoms with Gasteiger partial charge in [0.2, 0.25) is 0 Å². The second-order valence-electron chi connectivity index (χ2n) is 9.11. The number of rotatable bonds is 6. The number of halogens is 3. The highest BCUT2D eigenvalue weighted by atomic mass is 32.2. The van der Waals surface area contributed by atoms with E-state index in [9.17, 15) is 22.5 Å². The zero-order valence-corrected chi connectivity index (χ0v) is 21.2. The van der Waals surface area contributed by atoms with Gasteiger partial charge in [-0.25, -0.2) is 13.7 Å². The molecule has 4 N–H and O–H groups in total. The van der Waals surface area contributed by atoms with Crippen LogP contribution in [0.1, 0.15) is 36.4 Å². The fourth-order valence-corrected chi connectivity index (χ4v) is 7.38. The molecule has 3 aromatic rings. The first kappa shape index (κ1) is 26.1. The van der Waals surface area contributed by atoms with Crippen LogP contribution in [0.5, 0.6) is 5.75 Å². The molecule has 3 aromatic carbocycles. The quantitative estimate of drug-likeness (QED) is 0.320. The molecule has 0 saturated heterocycles. The number of alkyl halides is 3. The summed E-state index contributed by atoms with van der Waals surface area (Å²) < 4.78 is 65.5. The Morgan fingerprint density at radius 2 is 1.49 bits per heavy atom. The minimum Gasteiger partial charge on any atom is -0.406 e. The van der Waals surface area contributed by atoms with Crippen molar-refractivity contribution < 1.29 is 27.2 Å². The summed E-state index contributed by atoms with van der Waals surface area (Å²) in [5.74, 6) is -0.459. The lowest BCUT2D eigenvalue weighted by Gasteiger charge is -2.39. The Kier molecular flexibility index (Phi) is 7.25. The zero-order valence-electron chi connectivity index (χ0n) is 19.6. The number of nitrogens with one attached hydrogen (secondary N) is 3. The average molecular weight is 550 g/mol. The molecular formula is C26H26F3N3O3S2. The second kappa shape index (κ2) is 10.3. The van der Waals surface area contributed by atoms with E-state index in [0.29, 0.717) is 12.8 Å². The van der Waals surface area contributed by atoms with Crippen molar-refractivity contribution in [1.29, 1.82) is 4.78 Å². The highest BCUT2D eigenvalue weighted by Crippen LogP contribution is 2.45. The number of aliphatic hydroxyl groups is 1. The van der Waals surface area contributed by atoms with Crippen LogP contribution in [0.4, 0.5) is 13.2 Å². The third-order valence-electron chi connectivity index (χ3n) is 6.62. The normalized spacial score (nSPS) is 23.5. The first-order valence-corrected chi connectivity index (χ1v) is 14.2. The van der Waals surface area contributed by atoms with E-state index in [0.717, 1.165) is 39.5 Å². The summed E-state index contributed by atoms with van der Waals surface area (Å²) in [7, 11) is -3.59. The molecule has 5 rings (SSSR count). The van der Waals surface area contributed by atoms with Gasteiger partial charge in [-0.15, -0.1) is 13.2 Å². The topological polar surface area (TPSA) is 94.4 Å². The Balaban J connectivity index is 1.32. The Morgan fingerprint density at radius 1 is 0.919 bits per heavy atom. The van der Waals surface area contributed by atoms with Crippen LogP contribution < -0.4 is 14.8 Å². The highest BCUT2D eigenvalue weighted by Gasteiger charge is 2.37. The Morgan fingerprint density at radius 3 is 2.08 bits per heavy atom. The van der Waals surface area contributed by atoms with Gasteiger partial charge in [0.05, 0.1) is 17.0 Å². The Labute approximate surface area is 217 Å². The molecule has 11 heteroatoms. The van der Waals surface area contributed by atoms with Gasteiger partial charge in [0.1, 0.15) is 15.7 Å². The van der Waals surface area contributed by atoms with Gasteiger partial charge < -0.3 is 15.2 Å². The highest BCUT2D eigenvalue weighted by molar-refractivity contribution is 7.99. The third-order valence-corrected chi connectivity index (χ3v) is 9.38. The summed E-state index contributed by atoms with van der Waals surface area (Å²) in [5, 5.41) is 14.9. The molecule has 196 valence electrons. The van der Waals surface area contributed by atoms with E-state index < -0.39 is 34.2 Å². The molecule has 1 aliphatic heterocycles. The molecule has 4 atom stereocenters. The van der Waals surface area contributed by atoms with Gasteiger partial charge >= 0.3 is 6.36 Å². The van der Waals surface area contributed by atoms with Crippen LogP contribution in [0.15, 0.2) is 87.5 Å². The van der Waals surface area contributed by atoms with E-state index in [1.165, 1.54) is 12.1 Å². The lowest BCUT2D eigenvalue weighted by Crippen LogP contribution is -2.56. The maximum atomic E-state index is 13.2. The standard InChI is InChI=1S/C26H26F3N3O3S2/c27-26(28,29)35-16-12-14-17(15-13-16)37(30,34)32-21-9-5-8-20(25(21)33)31-24-18-6-1-3-10-22(18)36-23-11-4-2-7-19(23)24/h1-4,6-7,10-15,20-21,24-25,31,33H,5,8-9H2,(H2,30,32,34). The first-order chi connectivity index (χ1) is 17.6. The van der Waals surface area contributed by atoms with E-state index in [4.69, 9.17) is 4.78 Å². The van der Waals surface area contributed by atoms with Gasteiger partial charge in [-0.2, -0.15) is 0 Å². The summed E-state index contributed by atoms with van der Waals surface area (Å²) in [6.07, 6.45) is -3.81. The fraction of sp³-hybridized carbons (Fsp3) is 0.308. The largest absolute Gasteiger partial charge is 0.573 e. The maximum Gasteiger partial charge on any atom is 0.573 e. The van der Waals surface area contributed by atoms with Crippen molar-refractivity contribution in [3.63, 3.8) is 0 Å². The lowest BCUT2D eigenvalue weighted by atomic mass is 9.87. The molecule has 0 radical (unpaired) electrons. The molecule has 1 aliphatic carbocycles. The van der Waals surface area contributed by atoms with Crippen molar-refractivity contribution in [2.24, 2.45) is 0 Å². The van der Waals surface area contributed by atoms with Gasteiger partial charge in [-0.05, 0) is 60.4 Å². The lowest BCUT2D eigenvalue weighted by molar-refractivity contribution is -0.274. The zero-order chi connectivity index (χ0) is 26.2. The van der Waals surface area contributed by atoms with Gasteiger partial charge in [0.25, 0.3) is 0 Å². The molecule has 0 amide bonds. The predicted molar refractivity (Wildman–Crippen MR) is 135 cm³/mol. The van der Waals surface area contributed by atoms with Crippen LogP contribution >= 0.6 is 11.8 Å². The fourth-order valence-electron chi connectivity index (χ4n) is 4.91. The molecule has 4 unspecified atom stereocenters. The van der Waals surface area contributed by atoms with Crippen LogP contribution in [0, 0.1) is 4.78 Å². The molecule has 0 bridgehead atoms. The van der Waals surface area contributed by atoms with E-state index in [2.05, 4.69) is 39.0 Å². The number of hydrogen-bond donors (Lipinski definition) is 4. The number of fused-ring (bicyclic) bond motifs is 2. The van der Waals surface area contributed by atoms with Gasteiger partial charge in [-0.1, -0.05) is 54.6 Å². The summed E-state index contributed by atoms with van der Waals surface area (Å²) in [6, 6.07) is 19.6. The minimum atomic E-state index is -4.84. The van der Waals surface area contributed by atoms with Crippen LogP contribution in [0.2, 0.25) is 0 Å². The van der Waals surface area contributed by atoms with Gasteiger partial charge in [-0.3, -0.25) is 0 Å². The Bertz CT molecular complexity index is 1320. The average Bonchev–Trinajstić information content (AvgIpc) is 2.85. The van der Waals surface area contributed by atoms with Crippen LogP contribution in [-0.4, -0.2) is 33.9 Å².